The Morgan fingerprint density at radius 2 is 2.20 bits per heavy atom. The minimum Gasteiger partial charge on any atom is -0.480 e. The third-order valence-corrected chi connectivity index (χ3v) is 5.82. The SMILES string of the molecule is CN(CC(=O)O)C[C@H]1CN(C(=O)[C@H]2SCCc3ccccc32)CCO1. The predicted octanol–water partition coefficient (Wildman–Crippen LogP) is 1.26. The maximum atomic E-state index is 13.1. The Balaban J connectivity index is 1.64. The number of rotatable bonds is 5. The van der Waals surface area contributed by atoms with Gasteiger partial charge < -0.3 is 14.7 Å². The molecule has 0 radical (unpaired) electrons. The summed E-state index contributed by atoms with van der Waals surface area (Å²) in [7, 11) is 1.76. The highest BCUT2D eigenvalue weighted by molar-refractivity contribution is 8.00. The van der Waals surface area contributed by atoms with Crippen LogP contribution in [0, 0.1) is 0 Å². The van der Waals surface area contributed by atoms with Gasteiger partial charge in [-0.2, -0.15) is 0 Å². The first-order valence-electron chi connectivity index (χ1n) is 8.54. The standard InChI is InChI=1S/C18H24N2O4S/c1-19(12-16(21)22)10-14-11-20(7-8-24-14)18(23)17-15-5-3-2-4-13(15)6-9-25-17/h2-5,14,17H,6-12H2,1H3,(H,21,22)/t14-,17-/m0/s1. The number of amides is 1. The second kappa shape index (κ2) is 8.21. The largest absolute Gasteiger partial charge is 0.480 e. The Morgan fingerprint density at radius 3 is 3.00 bits per heavy atom. The Labute approximate surface area is 152 Å². The van der Waals surface area contributed by atoms with Gasteiger partial charge in [0.25, 0.3) is 0 Å². The number of thioether (sulfide) groups is 1. The predicted molar refractivity (Wildman–Crippen MR) is 96.8 cm³/mol. The Morgan fingerprint density at radius 1 is 1.40 bits per heavy atom. The van der Waals surface area contributed by atoms with Gasteiger partial charge in [0.15, 0.2) is 0 Å². The van der Waals surface area contributed by atoms with Gasteiger partial charge in [-0.3, -0.25) is 14.5 Å². The number of hydrogen-bond donors (Lipinski definition) is 1. The fraction of sp³-hybridized carbons (Fsp3) is 0.556. The van der Waals surface area contributed by atoms with Crippen LogP contribution in [0.4, 0.5) is 0 Å². The second-order valence-corrected chi connectivity index (χ2v) is 7.78. The molecule has 136 valence electrons. The number of benzene rings is 1. The van der Waals surface area contributed by atoms with E-state index in [1.165, 1.54) is 5.56 Å². The molecule has 1 fully saturated rings. The lowest BCUT2D eigenvalue weighted by molar-refractivity contribution is -0.142. The fourth-order valence-corrected chi connectivity index (χ4v) is 4.71. The molecule has 7 heteroatoms. The van der Waals surface area contributed by atoms with E-state index in [1.54, 1.807) is 23.7 Å². The topological polar surface area (TPSA) is 70.1 Å². The van der Waals surface area contributed by atoms with Crippen LogP contribution in [0.1, 0.15) is 16.4 Å². The second-order valence-electron chi connectivity index (χ2n) is 6.57. The lowest BCUT2D eigenvalue weighted by Crippen LogP contribution is -2.50. The molecular weight excluding hydrogens is 340 g/mol. The molecule has 2 aliphatic heterocycles. The van der Waals surface area contributed by atoms with Crippen LogP contribution in [0.25, 0.3) is 0 Å². The molecule has 1 aromatic carbocycles. The van der Waals surface area contributed by atoms with Crippen molar-refractivity contribution in [3.63, 3.8) is 0 Å². The number of hydrogen-bond acceptors (Lipinski definition) is 5. The highest BCUT2D eigenvalue weighted by atomic mass is 32.2. The van der Waals surface area contributed by atoms with Crippen molar-refractivity contribution in [1.82, 2.24) is 9.80 Å². The summed E-state index contributed by atoms with van der Waals surface area (Å²) in [4.78, 5) is 27.5. The molecule has 0 aromatic heterocycles. The number of fused-ring (bicyclic) bond motifs is 1. The van der Waals surface area contributed by atoms with Gasteiger partial charge in [-0.15, -0.1) is 11.8 Å². The monoisotopic (exact) mass is 364 g/mol. The molecule has 1 amide bonds. The number of carboxylic acid groups (broad SMARTS) is 1. The molecule has 25 heavy (non-hydrogen) atoms. The van der Waals surface area contributed by atoms with Crippen molar-refractivity contribution in [2.75, 3.05) is 45.6 Å². The normalized spacial score (nSPS) is 23.4. The molecule has 2 aliphatic rings. The van der Waals surface area contributed by atoms with Gasteiger partial charge in [0.05, 0.1) is 19.3 Å². The van der Waals surface area contributed by atoms with E-state index in [0.29, 0.717) is 26.2 Å². The number of morpholine rings is 1. The molecule has 0 saturated carbocycles. The van der Waals surface area contributed by atoms with E-state index in [0.717, 1.165) is 17.7 Å². The molecule has 0 unspecified atom stereocenters. The zero-order valence-corrected chi connectivity index (χ0v) is 15.2. The Kier molecular flexibility index (Phi) is 5.98. The molecule has 1 saturated heterocycles. The number of nitrogens with zero attached hydrogens (tertiary/aromatic N) is 2. The van der Waals surface area contributed by atoms with Crippen molar-refractivity contribution < 1.29 is 19.4 Å². The third-order valence-electron chi connectivity index (χ3n) is 4.59. The summed E-state index contributed by atoms with van der Waals surface area (Å²) in [6.45, 7) is 2.08. The van der Waals surface area contributed by atoms with E-state index in [9.17, 15) is 9.59 Å². The first kappa shape index (κ1) is 18.2. The molecule has 0 bridgehead atoms. The van der Waals surface area contributed by atoms with E-state index in [4.69, 9.17) is 9.84 Å². The first-order valence-corrected chi connectivity index (χ1v) is 9.59. The number of aliphatic carboxylic acids is 1. The fourth-order valence-electron chi connectivity index (χ4n) is 3.44. The molecule has 0 spiro atoms. The smallest absolute Gasteiger partial charge is 0.317 e. The van der Waals surface area contributed by atoms with Crippen LogP contribution in [0.5, 0.6) is 0 Å². The summed E-state index contributed by atoms with van der Waals surface area (Å²) < 4.78 is 5.73. The van der Waals surface area contributed by atoms with Crippen LogP contribution in [-0.4, -0.2) is 78.5 Å². The van der Waals surface area contributed by atoms with Crippen molar-refractivity contribution in [2.24, 2.45) is 0 Å². The summed E-state index contributed by atoms with van der Waals surface area (Å²) in [5.41, 5.74) is 2.40. The maximum absolute atomic E-state index is 13.1. The van der Waals surface area contributed by atoms with Crippen LogP contribution in [0.3, 0.4) is 0 Å². The molecule has 0 aliphatic carbocycles. The average molecular weight is 364 g/mol. The summed E-state index contributed by atoms with van der Waals surface area (Å²) in [5, 5.41) is 8.73. The molecule has 1 aromatic rings. The number of carbonyl (C=O) groups is 2. The van der Waals surface area contributed by atoms with Gasteiger partial charge in [0.1, 0.15) is 5.25 Å². The number of carboxylic acids is 1. The highest BCUT2D eigenvalue weighted by Crippen LogP contribution is 2.38. The minimum atomic E-state index is -0.860. The van der Waals surface area contributed by atoms with Crippen LogP contribution >= 0.6 is 11.8 Å². The van der Waals surface area contributed by atoms with E-state index >= 15 is 0 Å². The lowest BCUT2D eigenvalue weighted by Gasteiger charge is -2.37. The van der Waals surface area contributed by atoms with E-state index in [1.807, 2.05) is 17.0 Å². The zero-order valence-electron chi connectivity index (χ0n) is 14.4. The van der Waals surface area contributed by atoms with Crippen LogP contribution in [-0.2, 0) is 20.7 Å². The first-order chi connectivity index (χ1) is 12.0. The molecule has 3 rings (SSSR count). The van der Waals surface area contributed by atoms with Gasteiger partial charge in [-0.25, -0.2) is 0 Å². The van der Waals surface area contributed by atoms with Gasteiger partial charge >= 0.3 is 5.97 Å². The number of ether oxygens (including phenoxy) is 1. The number of aryl methyl sites for hydroxylation is 1. The summed E-state index contributed by atoms with van der Waals surface area (Å²) in [6, 6.07) is 8.19. The van der Waals surface area contributed by atoms with Gasteiger partial charge in [-0.1, -0.05) is 24.3 Å². The Bertz CT molecular complexity index is 639. The number of likely N-dealkylation sites (N-methyl/N-ethyl adjacent to an activating group) is 1. The lowest BCUT2D eigenvalue weighted by atomic mass is 10.0. The van der Waals surface area contributed by atoms with Crippen molar-refractivity contribution in [3.8, 4) is 0 Å². The Hall–Kier alpha value is -1.57. The molecular formula is C18H24N2O4S. The van der Waals surface area contributed by atoms with Gasteiger partial charge in [0.2, 0.25) is 5.91 Å². The van der Waals surface area contributed by atoms with Crippen LogP contribution in [0.2, 0.25) is 0 Å². The third kappa shape index (κ3) is 4.54. The van der Waals surface area contributed by atoms with Gasteiger partial charge in [-0.05, 0) is 30.3 Å². The maximum Gasteiger partial charge on any atom is 0.317 e. The summed E-state index contributed by atoms with van der Waals surface area (Å²) in [5.74, 6) is 0.246. The van der Waals surface area contributed by atoms with E-state index in [2.05, 4.69) is 12.1 Å². The minimum absolute atomic E-state index is 0.0281. The summed E-state index contributed by atoms with van der Waals surface area (Å²) in [6.07, 6.45) is 0.863. The van der Waals surface area contributed by atoms with Crippen molar-refractivity contribution in [1.29, 1.82) is 0 Å². The van der Waals surface area contributed by atoms with Gasteiger partial charge in [0, 0.05) is 19.6 Å². The van der Waals surface area contributed by atoms with E-state index < -0.39 is 5.97 Å². The van der Waals surface area contributed by atoms with E-state index in [-0.39, 0.29) is 23.8 Å². The zero-order chi connectivity index (χ0) is 17.8. The van der Waals surface area contributed by atoms with Crippen LogP contribution < -0.4 is 0 Å². The highest BCUT2D eigenvalue weighted by Gasteiger charge is 2.33. The average Bonchev–Trinajstić information content (AvgIpc) is 2.60. The molecule has 6 nitrogen and oxygen atoms in total. The van der Waals surface area contributed by atoms with Crippen molar-refractivity contribution in [2.45, 2.75) is 17.8 Å². The molecule has 1 N–H and O–H groups in total. The molecule has 2 heterocycles. The number of carbonyl (C=O) groups excluding carboxylic acids is 1. The van der Waals surface area contributed by atoms with Crippen LogP contribution in [0.15, 0.2) is 24.3 Å². The summed E-state index contributed by atoms with van der Waals surface area (Å²) >= 11 is 1.71. The molecule has 2 atom stereocenters. The quantitative estimate of drug-likeness (QED) is 0.848. The van der Waals surface area contributed by atoms with Crippen molar-refractivity contribution >= 4 is 23.6 Å². The van der Waals surface area contributed by atoms with Crippen molar-refractivity contribution in [3.05, 3.63) is 35.4 Å².